The molecule has 0 aromatic heterocycles. The summed E-state index contributed by atoms with van der Waals surface area (Å²) in [6, 6.07) is 0.882. The third-order valence-corrected chi connectivity index (χ3v) is 7.74. The van der Waals surface area contributed by atoms with Gasteiger partial charge in [-0.2, -0.15) is 8.78 Å². The number of alkyl halides is 3. The Labute approximate surface area is 202 Å². The first kappa shape index (κ1) is 26.4. The number of hydrogen-bond acceptors (Lipinski definition) is 3. The van der Waals surface area contributed by atoms with E-state index in [1.54, 1.807) is 0 Å². The third kappa shape index (κ3) is 4.95. The molecule has 1 aliphatic heterocycles. The number of sulfonamides is 1. The Bertz CT molecular complexity index is 1280. The SMILES string of the molecule is C[C@@H](F)C(=O)N1CC2(CC2)[C@H](NS(=O)(=O)C(F)F)[C@@H]1Cc1cc(F)cc(-c2cc(F)cc(F)c2)c1F. The van der Waals surface area contributed by atoms with E-state index in [1.807, 2.05) is 4.72 Å². The normalized spacial score (nSPS) is 21.9. The van der Waals surface area contributed by atoms with Gasteiger partial charge in [0.25, 0.3) is 15.9 Å². The number of hydrogen-bond donors (Lipinski definition) is 1. The molecule has 4 rings (SSSR count). The summed E-state index contributed by atoms with van der Waals surface area (Å²) in [6.07, 6.45) is -1.93. The average Bonchev–Trinajstić information content (AvgIpc) is 3.49. The molecule has 0 radical (unpaired) electrons. The van der Waals surface area contributed by atoms with Crippen LogP contribution in [-0.2, 0) is 21.2 Å². The van der Waals surface area contributed by atoms with Crippen molar-refractivity contribution < 1.29 is 43.9 Å². The number of nitrogens with one attached hydrogen (secondary N) is 1. The fraction of sp³-hybridized carbons (Fsp3) is 0.435. The van der Waals surface area contributed by atoms with Crippen molar-refractivity contribution in [1.29, 1.82) is 0 Å². The van der Waals surface area contributed by atoms with Crippen LogP contribution >= 0.6 is 0 Å². The fourth-order valence-electron chi connectivity index (χ4n) is 4.84. The summed E-state index contributed by atoms with van der Waals surface area (Å²) in [4.78, 5) is 13.6. The Morgan fingerprint density at radius 2 is 1.61 bits per heavy atom. The molecule has 1 heterocycles. The van der Waals surface area contributed by atoms with Crippen molar-refractivity contribution in [2.24, 2.45) is 5.41 Å². The van der Waals surface area contributed by atoms with E-state index in [-0.39, 0.29) is 12.1 Å². The van der Waals surface area contributed by atoms with Gasteiger partial charge in [0.1, 0.15) is 23.3 Å². The van der Waals surface area contributed by atoms with Crippen LogP contribution in [0.15, 0.2) is 30.3 Å². The van der Waals surface area contributed by atoms with Crippen LogP contribution in [0.25, 0.3) is 11.1 Å². The smallest absolute Gasteiger partial charge is 0.335 e. The molecule has 3 atom stereocenters. The van der Waals surface area contributed by atoms with Crippen LogP contribution in [0.4, 0.5) is 30.7 Å². The molecule has 13 heteroatoms. The van der Waals surface area contributed by atoms with E-state index in [4.69, 9.17) is 0 Å². The first-order chi connectivity index (χ1) is 16.7. The van der Waals surface area contributed by atoms with Crippen LogP contribution < -0.4 is 4.72 Å². The van der Waals surface area contributed by atoms with E-state index in [2.05, 4.69) is 0 Å². The molecule has 36 heavy (non-hydrogen) atoms. The van der Waals surface area contributed by atoms with Gasteiger partial charge in [0, 0.05) is 29.6 Å². The number of halogens is 7. The van der Waals surface area contributed by atoms with Crippen LogP contribution in [-0.4, -0.2) is 49.8 Å². The summed E-state index contributed by atoms with van der Waals surface area (Å²) in [5.74, 6) is -9.07. The monoisotopic (exact) mass is 538 g/mol. The van der Waals surface area contributed by atoms with Gasteiger partial charge in [0.05, 0.1) is 6.04 Å². The van der Waals surface area contributed by atoms with Gasteiger partial charge < -0.3 is 4.90 Å². The van der Waals surface area contributed by atoms with Gasteiger partial charge >= 0.3 is 5.76 Å². The fourth-order valence-corrected chi connectivity index (χ4v) is 5.71. The lowest BCUT2D eigenvalue weighted by atomic mass is 9.91. The van der Waals surface area contributed by atoms with Crippen molar-refractivity contribution in [3.63, 3.8) is 0 Å². The van der Waals surface area contributed by atoms with Gasteiger partial charge in [-0.15, -0.1) is 0 Å². The van der Waals surface area contributed by atoms with Gasteiger partial charge in [-0.05, 0) is 61.6 Å². The molecule has 2 aliphatic rings. The maximum atomic E-state index is 15.5. The molecule has 1 spiro atoms. The zero-order valence-electron chi connectivity index (χ0n) is 18.8. The molecular weight excluding hydrogens is 517 g/mol. The van der Waals surface area contributed by atoms with Crippen molar-refractivity contribution in [2.45, 2.75) is 50.2 Å². The molecule has 1 N–H and O–H groups in total. The second-order valence-electron chi connectivity index (χ2n) is 9.20. The van der Waals surface area contributed by atoms with Crippen molar-refractivity contribution in [1.82, 2.24) is 9.62 Å². The van der Waals surface area contributed by atoms with Crippen LogP contribution in [0.2, 0.25) is 0 Å². The minimum absolute atomic E-state index is 0.167. The Kier molecular flexibility index (Phi) is 6.84. The van der Waals surface area contributed by atoms with Crippen LogP contribution in [0, 0.1) is 28.7 Å². The van der Waals surface area contributed by atoms with E-state index in [1.165, 1.54) is 0 Å². The van der Waals surface area contributed by atoms with Crippen LogP contribution in [0.5, 0.6) is 0 Å². The second kappa shape index (κ2) is 9.33. The molecule has 1 aliphatic carbocycles. The predicted molar refractivity (Wildman–Crippen MR) is 115 cm³/mol. The number of amides is 1. The standard InChI is InChI=1S/C23H21F7N2O3S/c1-11(24)21(33)32-10-23(2-3-23)20(31-36(34,35)22(29)30)18(32)7-13-6-16(27)9-17(19(13)28)12-4-14(25)8-15(26)5-12/h4-6,8-9,11,18,20,22,31H,2-3,7,10H2,1H3/t11-,18+,20-/m1/s1. The van der Waals surface area contributed by atoms with Crippen molar-refractivity contribution in [3.05, 3.63) is 59.2 Å². The number of benzene rings is 2. The maximum absolute atomic E-state index is 15.5. The minimum atomic E-state index is -5.15. The second-order valence-corrected chi connectivity index (χ2v) is 10.9. The summed E-state index contributed by atoms with van der Waals surface area (Å²) < 4.78 is 123. The van der Waals surface area contributed by atoms with E-state index in [0.717, 1.165) is 30.0 Å². The van der Waals surface area contributed by atoms with E-state index in [9.17, 15) is 39.6 Å². The lowest BCUT2D eigenvalue weighted by molar-refractivity contribution is -0.137. The Morgan fingerprint density at radius 1 is 1.03 bits per heavy atom. The number of nitrogens with zero attached hydrogens (tertiary/aromatic N) is 1. The highest BCUT2D eigenvalue weighted by Crippen LogP contribution is 2.56. The number of likely N-dealkylation sites (tertiary alicyclic amines) is 1. The van der Waals surface area contributed by atoms with E-state index >= 15 is 4.39 Å². The maximum Gasteiger partial charge on any atom is 0.350 e. The first-order valence-electron chi connectivity index (χ1n) is 10.9. The highest BCUT2D eigenvalue weighted by atomic mass is 32.2. The quantitative estimate of drug-likeness (QED) is 0.535. The summed E-state index contributed by atoms with van der Waals surface area (Å²) >= 11 is 0. The van der Waals surface area contributed by atoms with Crippen molar-refractivity contribution in [3.8, 4) is 11.1 Å². The molecule has 2 aromatic carbocycles. The number of carbonyl (C=O) groups is 1. The summed E-state index contributed by atoms with van der Waals surface area (Å²) in [7, 11) is -5.15. The first-order valence-corrected chi connectivity index (χ1v) is 12.5. The molecule has 1 saturated heterocycles. The molecule has 1 saturated carbocycles. The molecule has 2 aromatic rings. The Balaban J connectivity index is 1.78. The van der Waals surface area contributed by atoms with E-state index < -0.39 is 86.2 Å². The molecule has 5 nitrogen and oxygen atoms in total. The lowest BCUT2D eigenvalue weighted by Gasteiger charge is -2.30. The van der Waals surface area contributed by atoms with Gasteiger partial charge in [-0.3, -0.25) is 4.79 Å². The topological polar surface area (TPSA) is 66.5 Å². The predicted octanol–water partition coefficient (Wildman–Crippen LogP) is 4.31. The molecule has 0 bridgehead atoms. The van der Waals surface area contributed by atoms with Crippen LogP contribution in [0.1, 0.15) is 25.3 Å². The molecule has 0 unspecified atom stereocenters. The number of rotatable bonds is 7. The van der Waals surface area contributed by atoms with Crippen molar-refractivity contribution >= 4 is 15.9 Å². The minimum Gasteiger partial charge on any atom is -0.335 e. The summed E-state index contributed by atoms with van der Waals surface area (Å²) in [5.41, 5.74) is -2.21. The van der Waals surface area contributed by atoms with E-state index in [0.29, 0.717) is 25.0 Å². The van der Waals surface area contributed by atoms with Gasteiger partial charge in [-0.25, -0.2) is 35.1 Å². The third-order valence-electron chi connectivity index (χ3n) is 6.69. The van der Waals surface area contributed by atoms with Gasteiger partial charge in [0.15, 0.2) is 6.17 Å². The molecule has 2 fully saturated rings. The largest absolute Gasteiger partial charge is 0.350 e. The Hall–Kier alpha value is -2.67. The molecule has 196 valence electrons. The average molecular weight is 538 g/mol. The summed E-state index contributed by atoms with van der Waals surface area (Å²) in [5, 5.41) is 0. The zero-order chi connectivity index (χ0) is 26.6. The van der Waals surface area contributed by atoms with Gasteiger partial charge in [0.2, 0.25) is 0 Å². The highest BCUT2D eigenvalue weighted by Gasteiger charge is 2.62. The molecular formula is C23H21F7N2O3S. The zero-order valence-corrected chi connectivity index (χ0v) is 19.6. The van der Waals surface area contributed by atoms with Gasteiger partial charge in [-0.1, -0.05) is 0 Å². The molecule has 1 amide bonds. The van der Waals surface area contributed by atoms with Crippen LogP contribution in [0.3, 0.4) is 0 Å². The van der Waals surface area contributed by atoms with Crippen molar-refractivity contribution in [2.75, 3.05) is 6.54 Å². The highest BCUT2D eigenvalue weighted by molar-refractivity contribution is 7.89. The lowest BCUT2D eigenvalue weighted by Crippen LogP contribution is -2.51. The number of carbonyl (C=O) groups excluding carboxylic acids is 1. The Morgan fingerprint density at radius 3 is 2.14 bits per heavy atom. The summed E-state index contributed by atoms with van der Waals surface area (Å²) in [6.45, 7) is 0.773.